The highest BCUT2D eigenvalue weighted by Gasteiger charge is 2.07. The van der Waals surface area contributed by atoms with Gasteiger partial charge in [-0.1, -0.05) is 30.3 Å². The second-order valence-electron chi connectivity index (χ2n) is 4.26. The van der Waals surface area contributed by atoms with E-state index in [1.54, 1.807) is 13.2 Å². The summed E-state index contributed by atoms with van der Waals surface area (Å²) < 4.78 is 1.52. The van der Waals surface area contributed by atoms with Crippen LogP contribution in [-0.4, -0.2) is 19.7 Å². The molecule has 0 unspecified atom stereocenters. The summed E-state index contributed by atoms with van der Waals surface area (Å²) in [5.41, 5.74) is 1.99. The van der Waals surface area contributed by atoms with Gasteiger partial charge in [0.1, 0.15) is 5.52 Å². The molecule has 2 heterocycles. The van der Waals surface area contributed by atoms with E-state index in [1.165, 1.54) is 4.68 Å². The van der Waals surface area contributed by atoms with Crippen LogP contribution in [0.4, 0.5) is 5.95 Å². The van der Waals surface area contributed by atoms with E-state index in [2.05, 4.69) is 20.4 Å². The van der Waals surface area contributed by atoms with Crippen LogP contribution in [0.2, 0.25) is 0 Å². The van der Waals surface area contributed by atoms with Gasteiger partial charge in [0.15, 0.2) is 5.52 Å². The number of fused-ring (bicyclic) bond motifs is 1. The standard InChI is InChI=1S/C13H13N5O/c1-18-11-10(8-15-18)16-13(17-12(11)19)14-7-9-5-3-2-4-6-9/h2-6,8H,7H2,1H3,(H2,14,16,17,19). The lowest BCUT2D eigenvalue weighted by atomic mass is 10.2. The number of hydrogen-bond donors (Lipinski definition) is 2. The Kier molecular flexibility index (Phi) is 2.75. The minimum Gasteiger partial charge on any atom is -0.352 e. The fourth-order valence-electron chi connectivity index (χ4n) is 1.95. The number of benzene rings is 1. The van der Waals surface area contributed by atoms with Crippen molar-refractivity contribution >= 4 is 17.0 Å². The van der Waals surface area contributed by atoms with Crippen molar-refractivity contribution in [1.29, 1.82) is 0 Å². The highest BCUT2D eigenvalue weighted by atomic mass is 16.1. The molecule has 0 amide bonds. The first-order chi connectivity index (χ1) is 9.24. The number of nitrogens with one attached hydrogen (secondary N) is 2. The van der Waals surface area contributed by atoms with E-state index < -0.39 is 0 Å². The van der Waals surface area contributed by atoms with Crippen molar-refractivity contribution in [1.82, 2.24) is 19.7 Å². The molecule has 0 bridgehead atoms. The summed E-state index contributed by atoms with van der Waals surface area (Å²) in [5.74, 6) is 0.453. The summed E-state index contributed by atoms with van der Waals surface area (Å²) in [7, 11) is 1.72. The largest absolute Gasteiger partial charge is 0.352 e. The van der Waals surface area contributed by atoms with Crippen molar-refractivity contribution in [3.8, 4) is 0 Å². The Hall–Kier alpha value is -2.63. The molecule has 6 heteroatoms. The third kappa shape index (κ3) is 2.20. The quantitative estimate of drug-likeness (QED) is 0.739. The average molecular weight is 255 g/mol. The number of H-pyrrole nitrogens is 1. The lowest BCUT2D eigenvalue weighted by molar-refractivity contribution is 0.792. The maximum atomic E-state index is 11.9. The highest BCUT2D eigenvalue weighted by Crippen LogP contribution is 2.08. The van der Waals surface area contributed by atoms with Crippen molar-refractivity contribution < 1.29 is 0 Å². The summed E-state index contributed by atoms with van der Waals surface area (Å²) in [5, 5.41) is 7.12. The smallest absolute Gasteiger partial charge is 0.278 e. The molecule has 96 valence electrons. The van der Waals surface area contributed by atoms with Gasteiger partial charge in [0.25, 0.3) is 5.56 Å². The van der Waals surface area contributed by atoms with Crippen LogP contribution < -0.4 is 10.9 Å². The van der Waals surface area contributed by atoms with Gasteiger partial charge in [-0.25, -0.2) is 4.98 Å². The summed E-state index contributed by atoms with van der Waals surface area (Å²) in [6.45, 7) is 0.607. The van der Waals surface area contributed by atoms with Crippen LogP contribution in [0, 0.1) is 0 Å². The molecule has 0 saturated heterocycles. The molecule has 0 aliphatic rings. The van der Waals surface area contributed by atoms with Crippen molar-refractivity contribution in [2.24, 2.45) is 7.05 Å². The Labute approximate surface area is 109 Å². The van der Waals surface area contributed by atoms with Crippen LogP contribution in [0.25, 0.3) is 11.0 Å². The van der Waals surface area contributed by atoms with Crippen molar-refractivity contribution in [3.05, 3.63) is 52.4 Å². The van der Waals surface area contributed by atoms with Crippen molar-refractivity contribution in [2.45, 2.75) is 6.54 Å². The molecule has 0 aliphatic heterocycles. The van der Waals surface area contributed by atoms with Crippen LogP contribution >= 0.6 is 0 Å². The summed E-state index contributed by atoms with van der Waals surface area (Å²) in [4.78, 5) is 18.9. The van der Waals surface area contributed by atoms with Crippen molar-refractivity contribution in [2.75, 3.05) is 5.32 Å². The predicted octanol–water partition coefficient (Wildman–Crippen LogP) is 1.27. The van der Waals surface area contributed by atoms with Gasteiger partial charge in [-0.2, -0.15) is 5.10 Å². The molecule has 19 heavy (non-hydrogen) atoms. The normalized spacial score (nSPS) is 10.8. The predicted molar refractivity (Wildman–Crippen MR) is 72.9 cm³/mol. The topological polar surface area (TPSA) is 75.6 Å². The molecule has 2 N–H and O–H groups in total. The SMILES string of the molecule is Cn1ncc2nc(NCc3ccccc3)[nH]c(=O)c21. The molecule has 3 rings (SSSR count). The van der Waals surface area contributed by atoms with Crippen LogP contribution in [0.3, 0.4) is 0 Å². The van der Waals surface area contributed by atoms with Crippen LogP contribution in [0.15, 0.2) is 41.3 Å². The summed E-state index contributed by atoms with van der Waals surface area (Å²) in [6.07, 6.45) is 1.58. The monoisotopic (exact) mass is 255 g/mol. The lowest BCUT2D eigenvalue weighted by Crippen LogP contribution is -2.14. The van der Waals surface area contributed by atoms with Gasteiger partial charge in [0, 0.05) is 13.6 Å². The Balaban J connectivity index is 1.88. The second-order valence-corrected chi connectivity index (χ2v) is 4.26. The van der Waals surface area contributed by atoms with Gasteiger partial charge in [-0.15, -0.1) is 0 Å². The first-order valence-electron chi connectivity index (χ1n) is 5.94. The van der Waals surface area contributed by atoms with Crippen molar-refractivity contribution in [3.63, 3.8) is 0 Å². The van der Waals surface area contributed by atoms with E-state index in [-0.39, 0.29) is 5.56 Å². The zero-order valence-electron chi connectivity index (χ0n) is 10.4. The highest BCUT2D eigenvalue weighted by molar-refractivity contribution is 5.73. The number of rotatable bonds is 3. The Morgan fingerprint density at radius 2 is 2.11 bits per heavy atom. The number of hydrogen-bond acceptors (Lipinski definition) is 4. The third-order valence-electron chi connectivity index (χ3n) is 2.90. The average Bonchev–Trinajstić information content (AvgIpc) is 2.80. The van der Waals surface area contributed by atoms with Crippen LogP contribution in [0.1, 0.15) is 5.56 Å². The second kappa shape index (κ2) is 4.56. The van der Waals surface area contributed by atoms with Gasteiger partial charge in [0.2, 0.25) is 5.95 Å². The lowest BCUT2D eigenvalue weighted by Gasteiger charge is -2.05. The first-order valence-corrected chi connectivity index (χ1v) is 5.94. The Morgan fingerprint density at radius 1 is 1.32 bits per heavy atom. The van der Waals surface area contributed by atoms with E-state index in [0.29, 0.717) is 23.5 Å². The number of aromatic nitrogens is 4. The Bertz CT molecular complexity index is 760. The van der Waals surface area contributed by atoms with E-state index in [4.69, 9.17) is 0 Å². The first kappa shape index (κ1) is 11.5. The van der Waals surface area contributed by atoms with Gasteiger partial charge in [-0.3, -0.25) is 14.5 Å². The fourth-order valence-corrected chi connectivity index (χ4v) is 1.95. The molecule has 1 aromatic carbocycles. The maximum absolute atomic E-state index is 11.9. The summed E-state index contributed by atoms with van der Waals surface area (Å²) >= 11 is 0. The zero-order chi connectivity index (χ0) is 13.2. The number of aryl methyl sites for hydroxylation is 1. The van der Waals surface area contributed by atoms with E-state index in [9.17, 15) is 4.79 Å². The number of aromatic amines is 1. The molecule has 2 aromatic heterocycles. The molecule has 0 atom stereocenters. The van der Waals surface area contributed by atoms with E-state index in [1.807, 2.05) is 30.3 Å². The van der Waals surface area contributed by atoms with E-state index in [0.717, 1.165) is 5.56 Å². The van der Waals surface area contributed by atoms with Crippen LogP contribution in [-0.2, 0) is 13.6 Å². The molecule has 0 spiro atoms. The summed E-state index contributed by atoms with van der Waals surface area (Å²) in [6, 6.07) is 9.92. The molecule has 0 saturated carbocycles. The number of anilines is 1. The molecule has 3 aromatic rings. The maximum Gasteiger partial charge on any atom is 0.278 e. The number of nitrogens with zero attached hydrogens (tertiary/aromatic N) is 3. The Morgan fingerprint density at radius 3 is 2.89 bits per heavy atom. The molecular weight excluding hydrogens is 242 g/mol. The zero-order valence-corrected chi connectivity index (χ0v) is 10.4. The molecule has 0 radical (unpaired) electrons. The molecule has 6 nitrogen and oxygen atoms in total. The third-order valence-corrected chi connectivity index (χ3v) is 2.90. The molecule has 0 aliphatic carbocycles. The van der Waals surface area contributed by atoms with Gasteiger partial charge < -0.3 is 5.32 Å². The van der Waals surface area contributed by atoms with Gasteiger partial charge in [0.05, 0.1) is 6.20 Å². The van der Waals surface area contributed by atoms with Crippen LogP contribution in [0.5, 0.6) is 0 Å². The van der Waals surface area contributed by atoms with Gasteiger partial charge >= 0.3 is 0 Å². The molecular formula is C13H13N5O. The minimum atomic E-state index is -0.194. The van der Waals surface area contributed by atoms with Gasteiger partial charge in [-0.05, 0) is 5.56 Å². The minimum absolute atomic E-state index is 0.194. The van der Waals surface area contributed by atoms with E-state index >= 15 is 0 Å². The molecule has 0 fully saturated rings. The fraction of sp³-hybridized carbons (Fsp3) is 0.154.